The Hall–Kier alpha value is -2.10. The van der Waals surface area contributed by atoms with Crippen LogP contribution in [0.5, 0.6) is 0 Å². The monoisotopic (exact) mass is 244 g/mol. The third-order valence-electron chi connectivity index (χ3n) is 4.27. The van der Waals surface area contributed by atoms with Crippen LogP contribution in [-0.4, -0.2) is 17.8 Å². The molecular formula is C12H12N4O2. The summed E-state index contributed by atoms with van der Waals surface area (Å²) in [7, 11) is 0. The number of fused-ring (bicyclic) bond motifs is 3. The van der Waals surface area contributed by atoms with Gasteiger partial charge in [-0.15, -0.1) is 0 Å². The Morgan fingerprint density at radius 3 is 2.11 bits per heavy atom. The van der Waals surface area contributed by atoms with Crippen molar-refractivity contribution in [2.75, 3.05) is 0 Å². The molecule has 0 unspecified atom stereocenters. The fourth-order valence-electron chi connectivity index (χ4n) is 2.98. The van der Waals surface area contributed by atoms with Gasteiger partial charge in [0.2, 0.25) is 11.7 Å². The Bertz CT molecular complexity index is 538. The van der Waals surface area contributed by atoms with E-state index in [2.05, 4.69) is 0 Å². The zero-order chi connectivity index (χ0) is 13.8. The minimum absolute atomic E-state index is 0.354. The Morgan fingerprint density at radius 2 is 1.72 bits per heavy atom. The van der Waals surface area contributed by atoms with Crippen molar-refractivity contribution in [1.82, 2.24) is 0 Å². The van der Waals surface area contributed by atoms with Crippen LogP contribution in [0.25, 0.3) is 0 Å². The van der Waals surface area contributed by atoms with Gasteiger partial charge in [0.1, 0.15) is 0 Å². The molecule has 0 saturated carbocycles. The lowest BCUT2D eigenvalue weighted by Gasteiger charge is -2.60. The van der Waals surface area contributed by atoms with Crippen molar-refractivity contribution in [3.05, 3.63) is 0 Å². The van der Waals surface area contributed by atoms with E-state index in [1.807, 2.05) is 18.2 Å². The number of nitriles is 3. The molecule has 0 radical (unpaired) electrons. The molecule has 18 heavy (non-hydrogen) atoms. The highest BCUT2D eigenvalue weighted by atomic mass is 16.7. The fourth-order valence-corrected chi connectivity index (χ4v) is 2.98. The average molecular weight is 244 g/mol. The molecule has 3 aliphatic rings. The quantitative estimate of drug-likeness (QED) is 0.689. The Morgan fingerprint density at radius 1 is 1.17 bits per heavy atom. The summed E-state index contributed by atoms with van der Waals surface area (Å²) in [5, 5.41) is 36.3. The van der Waals surface area contributed by atoms with Crippen LogP contribution in [0.1, 0.15) is 20.8 Å². The summed E-state index contributed by atoms with van der Waals surface area (Å²) in [5.41, 5.74) is -3.31. The van der Waals surface area contributed by atoms with Crippen molar-refractivity contribution < 1.29 is 9.47 Å². The summed E-state index contributed by atoms with van der Waals surface area (Å²) in [6, 6.07) is 5.81. The Labute approximate surface area is 105 Å². The first kappa shape index (κ1) is 12.4. The molecule has 3 fully saturated rings. The SMILES string of the molecule is C[C@@H]1C(C#N)(C#N)[C@@]2(C#N)C(=N)O[C@@]1(C)O[C@@H]2C. The van der Waals surface area contributed by atoms with Crippen LogP contribution in [0.3, 0.4) is 0 Å². The smallest absolute Gasteiger partial charge is 0.214 e. The molecular weight excluding hydrogens is 232 g/mol. The molecule has 1 N–H and O–H groups in total. The molecule has 6 nitrogen and oxygen atoms in total. The molecule has 3 aliphatic heterocycles. The first-order chi connectivity index (χ1) is 8.34. The number of hydrogen-bond acceptors (Lipinski definition) is 6. The van der Waals surface area contributed by atoms with Crippen LogP contribution in [-0.2, 0) is 9.47 Å². The second-order valence-corrected chi connectivity index (χ2v) is 4.88. The molecule has 3 rings (SSSR count). The van der Waals surface area contributed by atoms with Crippen molar-refractivity contribution in [3.8, 4) is 18.2 Å². The molecule has 6 heteroatoms. The average Bonchev–Trinajstić information content (AvgIpc) is 2.32. The van der Waals surface area contributed by atoms with Crippen LogP contribution in [0, 0.1) is 56.2 Å². The van der Waals surface area contributed by atoms with E-state index >= 15 is 0 Å². The number of hydrogen-bond donors (Lipinski definition) is 1. The molecule has 92 valence electrons. The normalized spacial score (nSPS) is 44.3. The predicted octanol–water partition coefficient (Wildman–Crippen LogP) is 1.31. The van der Waals surface area contributed by atoms with E-state index in [9.17, 15) is 15.8 Å². The van der Waals surface area contributed by atoms with E-state index in [1.165, 1.54) is 0 Å². The molecule has 2 bridgehead atoms. The number of nitrogens with one attached hydrogen (secondary N) is 1. The van der Waals surface area contributed by atoms with Crippen LogP contribution < -0.4 is 0 Å². The van der Waals surface area contributed by atoms with E-state index in [0.717, 1.165) is 0 Å². The fraction of sp³-hybridized carbons (Fsp3) is 0.667. The van der Waals surface area contributed by atoms with Crippen LogP contribution in [0.4, 0.5) is 0 Å². The van der Waals surface area contributed by atoms with Gasteiger partial charge in [0, 0.05) is 6.92 Å². The largest absolute Gasteiger partial charge is 0.448 e. The molecule has 0 aromatic rings. The zero-order valence-corrected chi connectivity index (χ0v) is 10.3. The van der Waals surface area contributed by atoms with Crippen LogP contribution in [0.15, 0.2) is 0 Å². The van der Waals surface area contributed by atoms with Gasteiger partial charge in [-0.05, 0) is 6.92 Å². The summed E-state index contributed by atoms with van der Waals surface area (Å²) >= 11 is 0. The minimum atomic E-state index is -1.67. The van der Waals surface area contributed by atoms with E-state index in [1.54, 1.807) is 20.8 Å². The molecule has 3 heterocycles. The van der Waals surface area contributed by atoms with Gasteiger partial charge in [0.15, 0.2) is 10.8 Å². The predicted molar refractivity (Wildman–Crippen MR) is 58.6 cm³/mol. The first-order valence-electron chi connectivity index (χ1n) is 5.54. The Balaban J connectivity index is 2.82. The molecule has 4 atom stereocenters. The minimum Gasteiger partial charge on any atom is -0.448 e. The maximum absolute atomic E-state index is 9.45. The first-order valence-corrected chi connectivity index (χ1v) is 5.54. The van der Waals surface area contributed by atoms with Crippen molar-refractivity contribution in [2.45, 2.75) is 32.7 Å². The summed E-state index contributed by atoms with van der Waals surface area (Å²) in [5.74, 6) is -2.21. The second-order valence-electron chi connectivity index (χ2n) is 4.88. The van der Waals surface area contributed by atoms with Crippen LogP contribution in [0.2, 0.25) is 0 Å². The van der Waals surface area contributed by atoms with Gasteiger partial charge in [0.25, 0.3) is 0 Å². The van der Waals surface area contributed by atoms with E-state index < -0.39 is 28.6 Å². The van der Waals surface area contributed by atoms with Gasteiger partial charge < -0.3 is 9.47 Å². The van der Waals surface area contributed by atoms with Gasteiger partial charge in [-0.2, -0.15) is 15.8 Å². The van der Waals surface area contributed by atoms with Crippen LogP contribution >= 0.6 is 0 Å². The third kappa shape index (κ3) is 0.929. The third-order valence-corrected chi connectivity index (χ3v) is 4.27. The molecule has 0 amide bonds. The Kier molecular flexibility index (Phi) is 2.21. The van der Waals surface area contributed by atoms with E-state index in [-0.39, 0.29) is 5.90 Å². The molecule has 0 aliphatic carbocycles. The molecule has 0 aromatic heterocycles. The highest BCUT2D eigenvalue weighted by Gasteiger charge is 2.76. The van der Waals surface area contributed by atoms with Crippen molar-refractivity contribution in [1.29, 1.82) is 21.2 Å². The highest BCUT2D eigenvalue weighted by Crippen LogP contribution is 2.61. The van der Waals surface area contributed by atoms with Crippen molar-refractivity contribution in [2.24, 2.45) is 16.7 Å². The van der Waals surface area contributed by atoms with Gasteiger partial charge in [0.05, 0.1) is 30.2 Å². The maximum Gasteiger partial charge on any atom is 0.214 e. The van der Waals surface area contributed by atoms with Crippen molar-refractivity contribution >= 4 is 5.90 Å². The number of nitrogens with zero attached hydrogens (tertiary/aromatic N) is 3. The standard InChI is InChI=1S/C12H12N4O2/c1-7-10(3)17-8(2)12(6-15,9(16)18-10)11(7,4-13)5-14/h7-8,16H,1-3H3/t7-,8+,10+,12+/m0/s1. The molecule has 0 spiro atoms. The molecule has 0 aromatic carbocycles. The number of rotatable bonds is 0. The van der Waals surface area contributed by atoms with Crippen molar-refractivity contribution in [3.63, 3.8) is 0 Å². The van der Waals surface area contributed by atoms with E-state index in [0.29, 0.717) is 0 Å². The topological polar surface area (TPSA) is 114 Å². The zero-order valence-electron chi connectivity index (χ0n) is 10.3. The van der Waals surface area contributed by atoms with E-state index in [4.69, 9.17) is 14.9 Å². The lowest BCUT2D eigenvalue weighted by Crippen LogP contribution is -2.73. The summed E-state index contributed by atoms with van der Waals surface area (Å²) in [6.45, 7) is 4.82. The lowest BCUT2D eigenvalue weighted by molar-refractivity contribution is -0.331. The lowest BCUT2D eigenvalue weighted by atomic mass is 9.52. The molecule has 3 saturated heterocycles. The van der Waals surface area contributed by atoms with Gasteiger partial charge in [-0.3, -0.25) is 5.41 Å². The number of ether oxygens (including phenoxy) is 2. The van der Waals surface area contributed by atoms with Gasteiger partial charge in [-0.25, -0.2) is 0 Å². The highest BCUT2D eigenvalue weighted by molar-refractivity contribution is 5.88. The summed E-state index contributed by atoms with van der Waals surface area (Å²) in [4.78, 5) is 0. The van der Waals surface area contributed by atoms with Gasteiger partial charge >= 0.3 is 0 Å². The summed E-state index contributed by atoms with van der Waals surface area (Å²) < 4.78 is 11.0. The second kappa shape index (κ2) is 3.22. The van der Waals surface area contributed by atoms with Gasteiger partial charge in [-0.1, -0.05) is 6.92 Å². The maximum atomic E-state index is 9.45. The summed E-state index contributed by atoms with van der Waals surface area (Å²) in [6.07, 6.45) is -0.746.